The van der Waals surface area contributed by atoms with E-state index in [4.69, 9.17) is 0 Å². The molecule has 1 heterocycles. The van der Waals surface area contributed by atoms with Crippen molar-refractivity contribution >= 4 is 59.3 Å². The Kier molecular flexibility index (Phi) is 10.3. The van der Waals surface area contributed by atoms with Gasteiger partial charge >= 0.3 is 0 Å². The van der Waals surface area contributed by atoms with Gasteiger partial charge in [0.2, 0.25) is 0 Å². The molecule has 12 aromatic carbocycles. The highest BCUT2D eigenvalue weighted by Crippen LogP contribution is 2.58. The van der Waals surface area contributed by atoms with E-state index in [1.54, 1.807) is 0 Å². The van der Waals surface area contributed by atoms with Gasteiger partial charge in [-0.25, -0.2) is 0 Å². The average molecular weight is 946 g/mol. The third kappa shape index (κ3) is 7.21. The van der Waals surface area contributed by atoms with E-state index in [0.717, 1.165) is 17.1 Å². The predicted molar refractivity (Wildman–Crippen MR) is 311 cm³/mol. The SMILES string of the molecule is c1ccc(C2(c3ccccc3)c3ccccc3-c3c(-c4ccc(N(c5ccc(-c6cccc(-c7cccc(-c8ccc9ccccc9c8)c7)c6)cc5)c5ccc6sc7ccccc7c6c5)cc4)cccc32)cc1. The van der Waals surface area contributed by atoms with Crippen LogP contribution in [0.4, 0.5) is 17.1 Å². The average Bonchev–Trinajstić information content (AvgIpc) is 4.03. The van der Waals surface area contributed by atoms with Crippen LogP contribution in [0.15, 0.2) is 285 Å². The lowest BCUT2D eigenvalue weighted by Gasteiger charge is -2.34. The molecule has 0 saturated heterocycles. The maximum atomic E-state index is 2.41. The first-order valence-corrected chi connectivity index (χ1v) is 26.0. The van der Waals surface area contributed by atoms with Crippen LogP contribution in [-0.4, -0.2) is 0 Å². The first-order chi connectivity index (χ1) is 36.2. The topological polar surface area (TPSA) is 3.24 Å². The van der Waals surface area contributed by atoms with E-state index in [0.29, 0.717) is 0 Å². The Morgan fingerprint density at radius 3 is 1.47 bits per heavy atom. The fourth-order valence-corrected chi connectivity index (χ4v) is 12.8. The minimum Gasteiger partial charge on any atom is -0.310 e. The Morgan fingerprint density at radius 2 is 0.767 bits per heavy atom. The molecule has 73 heavy (non-hydrogen) atoms. The first kappa shape index (κ1) is 42.8. The lowest BCUT2D eigenvalue weighted by atomic mass is 9.67. The minimum absolute atomic E-state index is 0.456. The summed E-state index contributed by atoms with van der Waals surface area (Å²) in [4.78, 5) is 2.41. The van der Waals surface area contributed by atoms with Crippen LogP contribution in [0, 0.1) is 0 Å². The Morgan fingerprint density at radius 1 is 0.274 bits per heavy atom. The summed E-state index contributed by atoms with van der Waals surface area (Å²) in [6.07, 6.45) is 0. The van der Waals surface area contributed by atoms with Gasteiger partial charge in [0, 0.05) is 37.2 Å². The number of hydrogen-bond donors (Lipinski definition) is 0. The summed E-state index contributed by atoms with van der Waals surface area (Å²) in [6.45, 7) is 0. The van der Waals surface area contributed by atoms with Crippen molar-refractivity contribution in [1.29, 1.82) is 0 Å². The summed E-state index contributed by atoms with van der Waals surface area (Å²) in [5.41, 5.74) is 20.2. The molecule has 13 aromatic rings. The molecule has 0 N–H and O–H groups in total. The van der Waals surface area contributed by atoms with Gasteiger partial charge < -0.3 is 4.90 Å². The Hall–Kier alpha value is -9.08. The number of fused-ring (bicyclic) bond motifs is 7. The molecule has 0 spiro atoms. The van der Waals surface area contributed by atoms with E-state index in [2.05, 4.69) is 290 Å². The van der Waals surface area contributed by atoms with E-state index in [1.165, 1.54) is 109 Å². The van der Waals surface area contributed by atoms with Crippen molar-refractivity contribution in [2.75, 3.05) is 4.90 Å². The monoisotopic (exact) mass is 945 g/mol. The van der Waals surface area contributed by atoms with Gasteiger partial charge in [-0.15, -0.1) is 11.3 Å². The molecule has 0 bridgehead atoms. The van der Waals surface area contributed by atoms with Crippen molar-refractivity contribution in [3.63, 3.8) is 0 Å². The third-order valence-electron chi connectivity index (χ3n) is 15.1. The fraction of sp³-hybridized carbons (Fsp3) is 0.0141. The highest BCUT2D eigenvalue weighted by atomic mass is 32.1. The molecular weight excluding hydrogens is 899 g/mol. The zero-order valence-corrected chi connectivity index (χ0v) is 40.8. The Balaban J connectivity index is 0.848. The van der Waals surface area contributed by atoms with Gasteiger partial charge in [0.05, 0.1) is 5.41 Å². The van der Waals surface area contributed by atoms with Gasteiger partial charge in [0.15, 0.2) is 0 Å². The van der Waals surface area contributed by atoms with Crippen molar-refractivity contribution < 1.29 is 0 Å². The third-order valence-corrected chi connectivity index (χ3v) is 16.3. The van der Waals surface area contributed by atoms with E-state index >= 15 is 0 Å². The maximum Gasteiger partial charge on any atom is 0.0713 e. The van der Waals surface area contributed by atoms with Crippen molar-refractivity contribution in [2.45, 2.75) is 5.41 Å². The normalized spacial score (nSPS) is 12.5. The summed E-state index contributed by atoms with van der Waals surface area (Å²) in [7, 11) is 0. The smallest absolute Gasteiger partial charge is 0.0713 e. The molecular formula is C71H47NS. The predicted octanol–water partition coefficient (Wildman–Crippen LogP) is 19.7. The quantitative estimate of drug-likeness (QED) is 0.139. The van der Waals surface area contributed by atoms with Crippen LogP contribution < -0.4 is 4.90 Å². The molecule has 0 amide bonds. The van der Waals surface area contributed by atoms with Crippen LogP contribution in [-0.2, 0) is 5.41 Å². The van der Waals surface area contributed by atoms with Crippen LogP contribution in [0.25, 0.3) is 86.6 Å². The van der Waals surface area contributed by atoms with Gasteiger partial charge in [-0.2, -0.15) is 0 Å². The standard InChI is InChI=1S/C71H47NS/c1-3-22-57(23-4-1)71(58-24-5-2-6-25-58)66-29-11-9-27-64(66)70-62(28-15-30-67(70)71)50-36-40-60(41-37-50)72(61-42-43-69-65(47-61)63-26-10-12-31-68(63)73-69)59-38-34-49(35-39-59)52-18-13-19-53(44-52)54-20-14-21-55(46-54)56-33-32-48-16-7-8-17-51(48)45-56/h1-47H. The molecule has 1 aromatic heterocycles. The number of nitrogens with zero attached hydrogens (tertiary/aromatic N) is 1. The summed E-state index contributed by atoms with van der Waals surface area (Å²) >= 11 is 1.86. The van der Waals surface area contributed by atoms with E-state index in [-0.39, 0.29) is 0 Å². The van der Waals surface area contributed by atoms with E-state index in [1.807, 2.05) is 11.3 Å². The summed E-state index contributed by atoms with van der Waals surface area (Å²) in [5.74, 6) is 0. The molecule has 0 unspecified atom stereocenters. The van der Waals surface area contributed by atoms with Crippen LogP contribution in [0.3, 0.4) is 0 Å². The zero-order valence-electron chi connectivity index (χ0n) is 40.0. The molecule has 342 valence electrons. The molecule has 0 saturated carbocycles. The van der Waals surface area contributed by atoms with Gasteiger partial charge in [0.25, 0.3) is 0 Å². The molecule has 0 atom stereocenters. The van der Waals surface area contributed by atoms with Crippen LogP contribution in [0.2, 0.25) is 0 Å². The van der Waals surface area contributed by atoms with Crippen LogP contribution >= 0.6 is 11.3 Å². The van der Waals surface area contributed by atoms with Crippen molar-refractivity contribution in [3.8, 4) is 55.6 Å². The number of anilines is 3. The van der Waals surface area contributed by atoms with Crippen LogP contribution in [0.5, 0.6) is 0 Å². The van der Waals surface area contributed by atoms with Crippen molar-refractivity contribution in [1.82, 2.24) is 0 Å². The van der Waals surface area contributed by atoms with Crippen molar-refractivity contribution in [2.24, 2.45) is 0 Å². The highest BCUT2D eigenvalue weighted by molar-refractivity contribution is 7.25. The molecule has 1 nitrogen and oxygen atoms in total. The Labute approximate surface area is 430 Å². The minimum atomic E-state index is -0.456. The molecule has 0 radical (unpaired) electrons. The second kappa shape index (κ2) is 17.6. The van der Waals surface area contributed by atoms with Crippen molar-refractivity contribution in [3.05, 3.63) is 307 Å². The highest BCUT2D eigenvalue weighted by Gasteiger charge is 2.46. The van der Waals surface area contributed by atoms with E-state index < -0.39 is 5.41 Å². The molecule has 2 heteroatoms. The van der Waals surface area contributed by atoms with E-state index in [9.17, 15) is 0 Å². The Bertz CT molecular complexity index is 4150. The number of hydrogen-bond acceptors (Lipinski definition) is 2. The summed E-state index contributed by atoms with van der Waals surface area (Å²) < 4.78 is 2.59. The molecule has 14 rings (SSSR count). The number of benzene rings is 12. The summed E-state index contributed by atoms with van der Waals surface area (Å²) in [6, 6.07) is 105. The lowest BCUT2D eigenvalue weighted by molar-refractivity contribution is 0.768. The van der Waals surface area contributed by atoms with Gasteiger partial charge in [-0.05, 0) is 155 Å². The maximum absolute atomic E-state index is 2.41. The second-order valence-electron chi connectivity index (χ2n) is 19.2. The number of rotatable bonds is 9. The van der Waals surface area contributed by atoms with Gasteiger partial charge in [-0.3, -0.25) is 0 Å². The molecule has 0 fully saturated rings. The lowest BCUT2D eigenvalue weighted by Crippen LogP contribution is -2.28. The van der Waals surface area contributed by atoms with Gasteiger partial charge in [0.1, 0.15) is 0 Å². The molecule has 0 aliphatic heterocycles. The van der Waals surface area contributed by atoms with Crippen LogP contribution in [0.1, 0.15) is 22.3 Å². The fourth-order valence-electron chi connectivity index (χ4n) is 11.8. The first-order valence-electron chi connectivity index (χ1n) is 25.1. The number of thiophene rings is 1. The zero-order chi connectivity index (χ0) is 48.3. The van der Waals surface area contributed by atoms with Gasteiger partial charge in [-0.1, -0.05) is 218 Å². The second-order valence-corrected chi connectivity index (χ2v) is 20.3. The molecule has 1 aliphatic rings. The largest absolute Gasteiger partial charge is 0.310 e. The molecule has 1 aliphatic carbocycles. The summed E-state index contributed by atoms with van der Waals surface area (Å²) in [5, 5.41) is 5.07.